The monoisotopic (exact) mass is 172 g/mol. The van der Waals surface area contributed by atoms with E-state index >= 15 is 0 Å². The molecule has 62 valence electrons. The number of hydrogen-bond acceptors (Lipinski definition) is 4. The molecule has 0 aliphatic carbocycles. The van der Waals surface area contributed by atoms with Crippen LogP contribution in [-0.4, -0.2) is 18.6 Å². The highest BCUT2D eigenvalue weighted by Crippen LogP contribution is 2.14. The van der Waals surface area contributed by atoms with Crippen molar-refractivity contribution in [3.05, 3.63) is 11.1 Å². The molecule has 4 heteroatoms. The molecule has 1 N–H and O–H groups in total. The largest absolute Gasteiger partial charge is 0.378 e. The van der Waals surface area contributed by atoms with Gasteiger partial charge in [-0.15, -0.1) is 11.3 Å². The van der Waals surface area contributed by atoms with Crippen molar-refractivity contribution in [3.63, 3.8) is 0 Å². The van der Waals surface area contributed by atoms with E-state index in [1.807, 2.05) is 5.38 Å². The highest BCUT2D eigenvalue weighted by molar-refractivity contribution is 7.13. The average Bonchev–Trinajstić information content (AvgIpc) is 2.38. The highest BCUT2D eigenvalue weighted by atomic mass is 32.1. The summed E-state index contributed by atoms with van der Waals surface area (Å²) in [4.78, 5) is 4.27. The first-order valence-corrected chi connectivity index (χ1v) is 4.42. The number of thiazole rings is 1. The Hall–Kier alpha value is -0.610. The molecule has 0 unspecified atom stereocenters. The summed E-state index contributed by atoms with van der Waals surface area (Å²) in [7, 11) is 1.67. The molecule has 0 saturated carbocycles. The number of nitrogens with one attached hydrogen (secondary N) is 1. The maximum absolute atomic E-state index is 4.94. The fourth-order valence-electron chi connectivity index (χ4n) is 0.754. The fourth-order valence-corrected chi connectivity index (χ4v) is 1.52. The Bertz CT molecular complexity index is 191. The number of anilines is 1. The van der Waals surface area contributed by atoms with Gasteiger partial charge in [0.25, 0.3) is 0 Å². The van der Waals surface area contributed by atoms with E-state index in [1.54, 1.807) is 18.4 Å². The second-order valence-electron chi connectivity index (χ2n) is 2.11. The Morgan fingerprint density at radius 2 is 2.55 bits per heavy atom. The van der Waals surface area contributed by atoms with Crippen molar-refractivity contribution in [2.45, 2.75) is 13.5 Å². The molecule has 0 aromatic carbocycles. The predicted octanol–water partition coefficient (Wildman–Crippen LogP) is 1.72. The van der Waals surface area contributed by atoms with Crippen molar-refractivity contribution < 1.29 is 4.74 Å². The molecule has 0 amide bonds. The van der Waals surface area contributed by atoms with Crippen molar-refractivity contribution >= 4 is 16.5 Å². The van der Waals surface area contributed by atoms with E-state index in [0.717, 1.165) is 17.4 Å². The van der Waals surface area contributed by atoms with Crippen LogP contribution in [0.25, 0.3) is 0 Å². The van der Waals surface area contributed by atoms with Gasteiger partial charge < -0.3 is 10.1 Å². The van der Waals surface area contributed by atoms with Gasteiger partial charge in [0.1, 0.15) is 0 Å². The smallest absolute Gasteiger partial charge is 0.182 e. The molecule has 1 heterocycles. The van der Waals surface area contributed by atoms with Gasteiger partial charge in [-0.3, -0.25) is 0 Å². The number of ether oxygens (including phenoxy) is 1. The first-order chi connectivity index (χ1) is 5.36. The standard InChI is InChI=1S/C7H12N2OS/c1-3-8-7-9-6(4-10-2)5-11-7/h5H,3-4H2,1-2H3,(H,8,9). The van der Waals surface area contributed by atoms with Gasteiger partial charge in [-0.2, -0.15) is 0 Å². The Morgan fingerprint density at radius 1 is 1.73 bits per heavy atom. The first-order valence-electron chi connectivity index (χ1n) is 3.54. The summed E-state index contributed by atoms with van der Waals surface area (Å²) in [5.74, 6) is 0. The van der Waals surface area contributed by atoms with E-state index in [9.17, 15) is 0 Å². The topological polar surface area (TPSA) is 34.2 Å². The van der Waals surface area contributed by atoms with Crippen LogP contribution in [0.15, 0.2) is 5.38 Å². The summed E-state index contributed by atoms with van der Waals surface area (Å²) in [6.07, 6.45) is 0. The lowest BCUT2D eigenvalue weighted by atomic mass is 10.5. The second kappa shape index (κ2) is 4.31. The van der Waals surface area contributed by atoms with E-state index < -0.39 is 0 Å². The maximum atomic E-state index is 4.94. The molecular formula is C7H12N2OS. The maximum Gasteiger partial charge on any atom is 0.182 e. The van der Waals surface area contributed by atoms with Crippen LogP contribution in [0.4, 0.5) is 5.13 Å². The van der Waals surface area contributed by atoms with Crippen LogP contribution in [0.5, 0.6) is 0 Å². The van der Waals surface area contributed by atoms with Crippen LogP contribution in [0.1, 0.15) is 12.6 Å². The number of aromatic nitrogens is 1. The van der Waals surface area contributed by atoms with Crippen molar-refractivity contribution in [3.8, 4) is 0 Å². The predicted molar refractivity (Wildman–Crippen MR) is 47.0 cm³/mol. The molecule has 3 nitrogen and oxygen atoms in total. The quantitative estimate of drug-likeness (QED) is 0.751. The minimum absolute atomic E-state index is 0.599. The van der Waals surface area contributed by atoms with Crippen molar-refractivity contribution in [1.29, 1.82) is 0 Å². The summed E-state index contributed by atoms with van der Waals surface area (Å²) in [6.45, 7) is 3.57. The van der Waals surface area contributed by atoms with Gasteiger partial charge in [0.05, 0.1) is 12.3 Å². The van der Waals surface area contributed by atoms with E-state index in [0.29, 0.717) is 6.61 Å². The number of nitrogens with zero attached hydrogens (tertiary/aromatic N) is 1. The fraction of sp³-hybridized carbons (Fsp3) is 0.571. The zero-order valence-corrected chi connectivity index (χ0v) is 7.57. The normalized spacial score (nSPS) is 10.0. The lowest BCUT2D eigenvalue weighted by molar-refractivity contribution is 0.182. The zero-order chi connectivity index (χ0) is 8.10. The van der Waals surface area contributed by atoms with E-state index in [2.05, 4.69) is 17.2 Å². The summed E-state index contributed by atoms with van der Waals surface area (Å²) in [5, 5.41) is 6.11. The van der Waals surface area contributed by atoms with Gasteiger partial charge in [-0.1, -0.05) is 0 Å². The zero-order valence-electron chi connectivity index (χ0n) is 6.76. The Balaban J connectivity index is 2.51. The lowest BCUT2D eigenvalue weighted by Gasteiger charge is -1.94. The number of rotatable bonds is 4. The molecule has 0 saturated heterocycles. The molecule has 1 aromatic rings. The average molecular weight is 172 g/mol. The Labute approximate surface area is 70.4 Å². The minimum Gasteiger partial charge on any atom is -0.378 e. The van der Waals surface area contributed by atoms with Gasteiger partial charge in [0, 0.05) is 19.0 Å². The third-order valence-corrected chi connectivity index (χ3v) is 2.02. The molecule has 1 aromatic heterocycles. The van der Waals surface area contributed by atoms with E-state index in [1.165, 1.54) is 0 Å². The van der Waals surface area contributed by atoms with Crippen molar-refractivity contribution in [2.75, 3.05) is 19.0 Å². The third-order valence-electron chi connectivity index (χ3n) is 1.17. The molecule has 11 heavy (non-hydrogen) atoms. The van der Waals surface area contributed by atoms with Crippen LogP contribution >= 0.6 is 11.3 Å². The highest BCUT2D eigenvalue weighted by Gasteiger charge is 1.98. The molecule has 0 aliphatic heterocycles. The number of hydrogen-bond donors (Lipinski definition) is 1. The second-order valence-corrected chi connectivity index (χ2v) is 2.97. The van der Waals surface area contributed by atoms with Gasteiger partial charge in [0.15, 0.2) is 5.13 Å². The molecular weight excluding hydrogens is 160 g/mol. The van der Waals surface area contributed by atoms with Gasteiger partial charge in [-0.25, -0.2) is 4.98 Å². The van der Waals surface area contributed by atoms with Gasteiger partial charge in [-0.05, 0) is 6.92 Å². The summed E-state index contributed by atoms with van der Waals surface area (Å²) >= 11 is 1.61. The molecule has 0 fully saturated rings. The molecule has 0 spiro atoms. The molecule has 0 aliphatic rings. The molecule has 1 rings (SSSR count). The molecule has 0 radical (unpaired) electrons. The van der Waals surface area contributed by atoms with Crippen LogP contribution in [0, 0.1) is 0 Å². The summed E-state index contributed by atoms with van der Waals surface area (Å²) in [6, 6.07) is 0. The molecule has 0 atom stereocenters. The van der Waals surface area contributed by atoms with E-state index in [4.69, 9.17) is 4.74 Å². The van der Waals surface area contributed by atoms with Crippen molar-refractivity contribution in [2.24, 2.45) is 0 Å². The van der Waals surface area contributed by atoms with Crippen LogP contribution < -0.4 is 5.32 Å². The minimum atomic E-state index is 0.599. The lowest BCUT2D eigenvalue weighted by Crippen LogP contribution is -1.96. The SMILES string of the molecule is CCNc1nc(COC)cs1. The van der Waals surface area contributed by atoms with E-state index in [-0.39, 0.29) is 0 Å². The summed E-state index contributed by atoms with van der Waals surface area (Å²) in [5.41, 5.74) is 0.994. The number of methoxy groups -OCH3 is 1. The first kappa shape index (κ1) is 8.49. The van der Waals surface area contributed by atoms with Gasteiger partial charge in [0.2, 0.25) is 0 Å². The Morgan fingerprint density at radius 3 is 3.18 bits per heavy atom. The molecule has 0 bridgehead atoms. The van der Waals surface area contributed by atoms with Gasteiger partial charge >= 0.3 is 0 Å². The Kier molecular flexibility index (Phi) is 3.32. The van der Waals surface area contributed by atoms with Crippen molar-refractivity contribution in [1.82, 2.24) is 4.98 Å². The third kappa shape index (κ3) is 2.48. The van der Waals surface area contributed by atoms with Crippen LogP contribution in [-0.2, 0) is 11.3 Å². The summed E-state index contributed by atoms with van der Waals surface area (Å²) < 4.78 is 4.94. The van der Waals surface area contributed by atoms with Crippen LogP contribution in [0.3, 0.4) is 0 Å². The van der Waals surface area contributed by atoms with Crippen LogP contribution in [0.2, 0.25) is 0 Å².